The predicted molar refractivity (Wildman–Crippen MR) is 115 cm³/mol. The van der Waals surface area contributed by atoms with E-state index in [4.69, 9.17) is 16.3 Å². The molecule has 2 aliphatic rings. The summed E-state index contributed by atoms with van der Waals surface area (Å²) in [7, 11) is 1.83. The molecule has 3 heterocycles. The number of ether oxygens (including phenoxy) is 1. The van der Waals surface area contributed by atoms with Crippen LogP contribution in [0.2, 0.25) is 5.02 Å². The highest BCUT2D eigenvalue weighted by atomic mass is 35.5. The number of aryl methyl sites for hydroxylation is 2. The van der Waals surface area contributed by atoms with Crippen molar-refractivity contribution >= 4 is 23.4 Å². The summed E-state index contributed by atoms with van der Waals surface area (Å²) in [6, 6.07) is 10.1. The lowest BCUT2D eigenvalue weighted by molar-refractivity contribution is 0.374. The number of piperidine rings is 1. The van der Waals surface area contributed by atoms with Gasteiger partial charge in [-0.2, -0.15) is 4.98 Å². The lowest BCUT2D eigenvalue weighted by Gasteiger charge is -2.38. The largest absolute Gasteiger partial charge is 0.424 e. The molecule has 2 aromatic heterocycles. The van der Waals surface area contributed by atoms with Crippen molar-refractivity contribution in [3.63, 3.8) is 0 Å². The third-order valence-corrected chi connectivity index (χ3v) is 6.24. The number of fused-ring (bicyclic) bond motifs is 2. The van der Waals surface area contributed by atoms with E-state index in [9.17, 15) is 0 Å². The first-order chi connectivity index (χ1) is 14.5. The Morgan fingerprint density at radius 1 is 1.10 bits per heavy atom. The van der Waals surface area contributed by atoms with Crippen molar-refractivity contribution in [2.75, 3.05) is 23.3 Å². The van der Waals surface area contributed by atoms with Gasteiger partial charge in [-0.05, 0) is 55.9 Å². The van der Waals surface area contributed by atoms with Crippen LogP contribution in [0, 0.1) is 18.8 Å². The highest BCUT2D eigenvalue weighted by molar-refractivity contribution is 6.30. The van der Waals surface area contributed by atoms with Gasteiger partial charge in [0.2, 0.25) is 5.95 Å². The Labute approximate surface area is 180 Å². The lowest BCUT2D eigenvalue weighted by atomic mass is 9.92. The number of hydrogen-bond acceptors (Lipinski definition) is 7. The average Bonchev–Trinajstić information content (AvgIpc) is 3.17. The number of anilines is 2. The minimum atomic E-state index is 0.356. The van der Waals surface area contributed by atoms with Gasteiger partial charge < -0.3 is 15.0 Å². The molecule has 0 radical (unpaired) electrons. The van der Waals surface area contributed by atoms with Crippen molar-refractivity contribution in [2.45, 2.75) is 25.8 Å². The Bertz CT molecular complexity index is 1020. The highest BCUT2D eigenvalue weighted by Crippen LogP contribution is 2.39. The Balaban J connectivity index is 1.27. The third-order valence-electron chi connectivity index (χ3n) is 5.99. The molecule has 1 saturated carbocycles. The van der Waals surface area contributed by atoms with E-state index in [1.165, 1.54) is 12.8 Å². The summed E-state index contributed by atoms with van der Waals surface area (Å²) >= 11 is 5.94. The number of hydrogen-bond donors (Lipinski definition) is 1. The molecule has 1 aromatic carbocycles. The molecule has 0 amide bonds. The molecule has 156 valence electrons. The molecule has 3 aromatic rings. The maximum Gasteiger partial charge on any atom is 0.321 e. The summed E-state index contributed by atoms with van der Waals surface area (Å²) in [5, 5.41) is 8.76. The second-order valence-electron chi connectivity index (χ2n) is 8.09. The molecule has 0 spiro atoms. The Morgan fingerprint density at radius 2 is 1.83 bits per heavy atom. The summed E-state index contributed by atoms with van der Waals surface area (Å²) in [6.07, 6.45) is 4.05. The molecule has 1 N–H and O–H groups in total. The number of aromatic nitrogens is 5. The fourth-order valence-corrected chi connectivity index (χ4v) is 4.66. The van der Waals surface area contributed by atoms with Gasteiger partial charge >= 0.3 is 6.01 Å². The van der Waals surface area contributed by atoms with Crippen LogP contribution < -0.4 is 15.0 Å². The van der Waals surface area contributed by atoms with Gasteiger partial charge in [0.05, 0.1) is 0 Å². The van der Waals surface area contributed by atoms with Gasteiger partial charge in [0.25, 0.3) is 0 Å². The van der Waals surface area contributed by atoms with E-state index in [0.29, 0.717) is 40.6 Å². The number of nitrogens with zero attached hydrogens (tertiary/aromatic N) is 6. The van der Waals surface area contributed by atoms with Crippen LogP contribution in [0.3, 0.4) is 0 Å². The summed E-state index contributed by atoms with van der Waals surface area (Å²) < 4.78 is 7.51. The average molecular weight is 426 g/mol. The van der Waals surface area contributed by atoms with Gasteiger partial charge in [-0.25, -0.2) is 14.6 Å². The van der Waals surface area contributed by atoms with Crippen LogP contribution in [-0.2, 0) is 7.05 Å². The summed E-state index contributed by atoms with van der Waals surface area (Å²) in [6.45, 7) is 3.96. The van der Waals surface area contributed by atoms with Gasteiger partial charge in [-0.1, -0.05) is 11.6 Å². The van der Waals surface area contributed by atoms with Gasteiger partial charge in [-0.15, -0.1) is 5.10 Å². The van der Waals surface area contributed by atoms with E-state index >= 15 is 0 Å². The second-order valence-corrected chi connectivity index (χ2v) is 8.52. The molecule has 0 unspecified atom stereocenters. The van der Waals surface area contributed by atoms with Gasteiger partial charge in [0, 0.05) is 43.0 Å². The predicted octanol–water partition coefficient (Wildman–Crippen LogP) is 3.69. The van der Waals surface area contributed by atoms with Crippen LogP contribution in [0.4, 0.5) is 11.8 Å². The van der Waals surface area contributed by atoms with Crippen LogP contribution in [0.25, 0.3) is 0 Å². The normalized spacial score (nSPS) is 22.9. The van der Waals surface area contributed by atoms with Crippen molar-refractivity contribution in [1.82, 2.24) is 24.7 Å². The fourth-order valence-electron chi connectivity index (χ4n) is 4.54. The van der Waals surface area contributed by atoms with Crippen LogP contribution in [0.1, 0.15) is 18.5 Å². The molecule has 1 aliphatic carbocycles. The molecule has 3 atom stereocenters. The molecule has 1 aliphatic heterocycles. The van der Waals surface area contributed by atoms with Gasteiger partial charge in [0.15, 0.2) is 0 Å². The first-order valence-corrected chi connectivity index (χ1v) is 10.6. The van der Waals surface area contributed by atoms with E-state index in [2.05, 4.69) is 36.3 Å². The molecular weight excluding hydrogens is 402 g/mol. The highest BCUT2D eigenvalue weighted by Gasteiger charge is 2.43. The topological polar surface area (TPSA) is 81.0 Å². The fraction of sp³-hybridized carbons (Fsp3) is 0.429. The molecule has 2 bridgehead atoms. The molecule has 5 rings (SSSR count). The Kier molecular flexibility index (Phi) is 4.94. The molecule has 30 heavy (non-hydrogen) atoms. The minimum Gasteiger partial charge on any atom is -0.424 e. The van der Waals surface area contributed by atoms with E-state index in [1.807, 2.05) is 26.1 Å². The maximum absolute atomic E-state index is 5.94. The van der Waals surface area contributed by atoms with Gasteiger partial charge in [-0.3, -0.25) is 0 Å². The first kappa shape index (κ1) is 19.1. The van der Waals surface area contributed by atoms with E-state index in [0.717, 1.165) is 24.6 Å². The zero-order chi connectivity index (χ0) is 20.7. The molecular formula is C21H24ClN7O. The molecule has 8 nitrogen and oxygen atoms in total. The van der Waals surface area contributed by atoms with Crippen LogP contribution in [0.5, 0.6) is 11.8 Å². The first-order valence-electron chi connectivity index (χ1n) is 10.2. The smallest absolute Gasteiger partial charge is 0.321 e. The molecule has 2 fully saturated rings. The zero-order valence-corrected chi connectivity index (χ0v) is 17.8. The van der Waals surface area contributed by atoms with Crippen LogP contribution in [-0.4, -0.2) is 43.9 Å². The minimum absolute atomic E-state index is 0.356. The monoisotopic (exact) mass is 425 g/mol. The van der Waals surface area contributed by atoms with Crippen molar-refractivity contribution in [2.24, 2.45) is 18.9 Å². The standard InChI is InChI=1S/C21H24ClN7O/c1-13-9-18(24-12-23-13)29-10-14-3-4-15(11-29)19(14)25-20-26-21(28(2)27-20)30-17-7-5-16(22)6-8-17/h5-9,12,14-15,19H,3-4,10-11H2,1-2H3,(H,25,27)/t14-,15+,19-. The number of benzene rings is 1. The Hall–Kier alpha value is -2.87. The van der Waals surface area contributed by atoms with E-state index in [1.54, 1.807) is 23.1 Å². The number of halogens is 1. The summed E-state index contributed by atoms with van der Waals surface area (Å²) in [5.74, 6) is 3.36. The van der Waals surface area contributed by atoms with Gasteiger partial charge in [0.1, 0.15) is 17.9 Å². The van der Waals surface area contributed by atoms with Crippen LogP contribution >= 0.6 is 11.6 Å². The van der Waals surface area contributed by atoms with Crippen LogP contribution in [0.15, 0.2) is 36.7 Å². The van der Waals surface area contributed by atoms with E-state index < -0.39 is 0 Å². The zero-order valence-electron chi connectivity index (χ0n) is 17.0. The quantitative estimate of drug-likeness (QED) is 0.667. The summed E-state index contributed by atoms with van der Waals surface area (Å²) in [5.41, 5.74) is 0.999. The molecule has 1 saturated heterocycles. The molecule has 9 heteroatoms. The number of nitrogens with one attached hydrogen (secondary N) is 1. The van der Waals surface area contributed by atoms with Crippen molar-refractivity contribution < 1.29 is 4.74 Å². The SMILES string of the molecule is Cc1cc(N2C[C@H]3CC[C@@H](C2)[C@@H]3Nc2nc(Oc3ccc(Cl)cc3)n(C)n2)ncn1. The lowest BCUT2D eigenvalue weighted by Crippen LogP contribution is -2.48. The Morgan fingerprint density at radius 3 is 2.53 bits per heavy atom. The maximum atomic E-state index is 5.94. The number of rotatable bonds is 5. The van der Waals surface area contributed by atoms with E-state index in [-0.39, 0.29) is 0 Å². The van der Waals surface area contributed by atoms with Crippen molar-refractivity contribution in [3.05, 3.63) is 47.4 Å². The second kappa shape index (κ2) is 7.75. The van der Waals surface area contributed by atoms with Crippen molar-refractivity contribution in [1.29, 1.82) is 0 Å². The summed E-state index contributed by atoms with van der Waals surface area (Å²) in [4.78, 5) is 15.6. The van der Waals surface area contributed by atoms with Crippen molar-refractivity contribution in [3.8, 4) is 11.8 Å². The third kappa shape index (κ3) is 3.79.